The largest absolute Gasteiger partial charge is 0.497 e. The van der Waals surface area contributed by atoms with Gasteiger partial charge in [-0.1, -0.05) is 12.1 Å². The number of hydrogen-bond donors (Lipinski definition) is 1. The van der Waals surface area contributed by atoms with Gasteiger partial charge in [0.25, 0.3) is 0 Å². The monoisotopic (exact) mass is 263 g/mol. The summed E-state index contributed by atoms with van der Waals surface area (Å²) in [5.74, 6) is 0.687. The topological polar surface area (TPSA) is 47.6 Å². The number of carbonyl (C=O) groups excluding carboxylic acids is 1. The standard InChI is InChI=1S/C15H21NO3/c1-15(14(17)19-3)9-8-12(16-15)10-11-4-6-13(18-2)7-5-11/h4-7,12,16H,8-10H2,1-3H3/t12?,15-/m1/s1. The third kappa shape index (κ3) is 3.07. The van der Waals surface area contributed by atoms with Crippen molar-refractivity contribution in [1.29, 1.82) is 0 Å². The van der Waals surface area contributed by atoms with Gasteiger partial charge in [0.05, 0.1) is 14.2 Å². The highest BCUT2D eigenvalue weighted by atomic mass is 16.5. The first kappa shape index (κ1) is 13.9. The fourth-order valence-electron chi connectivity index (χ4n) is 2.64. The number of rotatable bonds is 4. The summed E-state index contributed by atoms with van der Waals surface area (Å²) in [4.78, 5) is 11.7. The number of carbonyl (C=O) groups is 1. The minimum atomic E-state index is -0.536. The third-order valence-electron chi connectivity index (χ3n) is 3.79. The lowest BCUT2D eigenvalue weighted by atomic mass is 10.0. The van der Waals surface area contributed by atoms with Crippen molar-refractivity contribution in [1.82, 2.24) is 5.32 Å². The van der Waals surface area contributed by atoms with Gasteiger partial charge >= 0.3 is 5.97 Å². The molecule has 0 amide bonds. The Bertz CT molecular complexity index is 443. The highest BCUT2D eigenvalue weighted by Crippen LogP contribution is 2.26. The first-order valence-corrected chi connectivity index (χ1v) is 6.56. The van der Waals surface area contributed by atoms with E-state index in [0.29, 0.717) is 6.04 Å². The summed E-state index contributed by atoms with van der Waals surface area (Å²) in [6.45, 7) is 1.91. The van der Waals surface area contributed by atoms with E-state index in [1.165, 1.54) is 12.7 Å². The van der Waals surface area contributed by atoms with Crippen molar-refractivity contribution in [2.75, 3.05) is 14.2 Å². The predicted octanol–water partition coefficient (Wildman–Crippen LogP) is 1.92. The molecule has 1 aliphatic rings. The first-order chi connectivity index (χ1) is 9.07. The lowest BCUT2D eigenvalue weighted by molar-refractivity contribution is -0.147. The maximum Gasteiger partial charge on any atom is 0.325 e. The van der Waals surface area contributed by atoms with Gasteiger partial charge in [-0.2, -0.15) is 0 Å². The summed E-state index contributed by atoms with van der Waals surface area (Å²) < 4.78 is 9.99. The van der Waals surface area contributed by atoms with Crippen molar-refractivity contribution in [3.8, 4) is 5.75 Å². The predicted molar refractivity (Wildman–Crippen MR) is 73.3 cm³/mol. The third-order valence-corrected chi connectivity index (χ3v) is 3.79. The summed E-state index contributed by atoms with van der Waals surface area (Å²) >= 11 is 0. The Labute approximate surface area is 114 Å². The van der Waals surface area contributed by atoms with Crippen molar-refractivity contribution in [3.05, 3.63) is 29.8 Å². The van der Waals surface area contributed by atoms with Crippen molar-refractivity contribution in [3.63, 3.8) is 0 Å². The summed E-state index contributed by atoms with van der Waals surface area (Å²) in [5, 5.41) is 3.39. The molecule has 104 valence electrons. The average molecular weight is 263 g/mol. The van der Waals surface area contributed by atoms with E-state index in [1.807, 2.05) is 19.1 Å². The number of esters is 1. The molecule has 0 radical (unpaired) electrons. The van der Waals surface area contributed by atoms with Crippen LogP contribution in [0.5, 0.6) is 5.75 Å². The Morgan fingerprint density at radius 2 is 2.05 bits per heavy atom. The Hall–Kier alpha value is -1.55. The van der Waals surface area contributed by atoms with Crippen LogP contribution in [0.1, 0.15) is 25.3 Å². The first-order valence-electron chi connectivity index (χ1n) is 6.56. The molecule has 0 aliphatic carbocycles. The molecule has 4 heteroatoms. The zero-order valence-corrected chi connectivity index (χ0v) is 11.7. The minimum absolute atomic E-state index is 0.176. The van der Waals surface area contributed by atoms with E-state index in [9.17, 15) is 4.79 Å². The van der Waals surface area contributed by atoms with E-state index in [4.69, 9.17) is 9.47 Å². The summed E-state index contributed by atoms with van der Waals surface area (Å²) in [7, 11) is 3.10. The lowest BCUT2D eigenvalue weighted by Crippen LogP contribution is -2.48. The van der Waals surface area contributed by atoms with Crippen LogP contribution in [0.4, 0.5) is 0 Å². The van der Waals surface area contributed by atoms with Gasteiger partial charge in [0.1, 0.15) is 11.3 Å². The quantitative estimate of drug-likeness (QED) is 0.843. The van der Waals surface area contributed by atoms with E-state index in [-0.39, 0.29) is 5.97 Å². The molecule has 2 atom stereocenters. The fraction of sp³-hybridized carbons (Fsp3) is 0.533. The second-order valence-electron chi connectivity index (χ2n) is 5.26. The van der Waals surface area contributed by atoms with Gasteiger partial charge in [-0.05, 0) is 43.9 Å². The highest BCUT2D eigenvalue weighted by Gasteiger charge is 2.41. The molecule has 0 spiro atoms. The Morgan fingerprint density at radius 1 is 1.37 bits per heavy atom. The summed E-state index contributed by atoms with van der Waals surface area (Å²) in [6.07, 6.45) is 2.72. The van der Waals surface area contributed by atoms with E-state index in [2.05, 4.69) is 17.4 Å². The molecule has 1 unspecified atom stereocenters. The number of methoxy groups -OCH3 is 2. The zero-order chi connectivity index (χ0) is 13.9. The smallest absolute Gasteiger partial charge is 0.325 e. The molecule has 1 fully saturated rings. The molecule has 19 heavy (non-hydrogen) atoms. The molecule has 1 N–H and O–H groups in total. The molecule has 0 bridgehead atoms. The SMILES string of the molecule is COC(=O)[C@@]1(C)CCC(Cc2ccc(OC)cc2)N1. The second-order valence-corrected chi connectivity index (χ2v) is 5.26. The normalized spacial score (nSPS) is 26.2. The van der Waals surface area contributed by atoms with Crippen molar-refractivity contribution < 1.29 is 14.3 Å². The molecule has 0 aromatic heterocycles. The number of hydrogen-bond acceptors (Lipinski definition) is 4. The van der Waals surface area contributed by atoms with E-state index >= 15 is 0 Å². The van der Waals surface area contributed by atoms with E-state index in [1.54, 1.807) is 7.11 Å². The molecule has 1 aromatic rings. The molecular weight excluding hydrogens is 242 g/mol. The van der Waals surface area contributed by atoms with Crippen molar-refractivity contribution in [2.45, 2.75) is 37.8 Å². The van der Waals surface area contributed by atoms with Gasteiger partial charge in [-0.15, -0.1) is 0 Å². The number of benzene rings is 1. The van der Waals surface area contributed by atoms with Crippen LogP contribution in [-0.2, 0) is 16.0 Å². The van der Waals surface area contributed by atoms with Crippen LogP contribution in [0.3, 0.4) is 0 Å². The summed E-state index contributed by atoms with van der Waals surface area (Å²) in [6, 6.07) is 8.37. The molecule has 1 aromatic carbocycles. The molecule has 0 saturated carbocycles. The maximum atomic E-state index is 11.7. The van der Waals surface area contributed by atoms with Crippen LogP contribution < -0.4 is 10.1 Å². The van der Waals surface area contributed by atoms with Crippen LogP contribution >= 0.6 is 0 Å². The maximum absolute atomic E-state index is 11.7. The fourth-order valence-corrected chi connectivity index (χ4v) is 2.64. The molecular formula is C15H21NO3. The van der Waals surface area contributed by atoms with Gasteiger partial charge in [0, 0.05) is 6.04 Å². The van der Waals surface area contributed by atoms with Crippen LogP contribution in [-0.4, -0.2) is 31.8 Å². The Morgan fingerprint density at radius 3 is 2.63 bits per heavy atom. The van der Waals surface area contributed by atoms with Crippen molar-refractivity contribution >= 4 is 5.97 Å². The molecule has 1 saturated heterocycles. The lowest BCUT2D eigenvalue weighted by Gasteiger charge is -2.22. The zero-order valence-electron chi connectivity index (χ0n) is 11.7. The summed E-state index contributed by atoms with van der Waals surface area (Å²) in [5.41, 5.74) is 0.707. The Kier molecular flexibility index (Phi) is 4.10. The molecule has 4 nitrogen and oxygen atoms in total. The molecule has 1 aliphatic heterocycles. The van der Waals surface area contributed by atoms with Crippen LogP contribution in [0.2, 0.25) is 0 Å². The van der Waals surface area contributed by atoms with Gasteiger partial charge in [-0.3, -0.25) is 10.1 Å². The van der Waals surface area contributed by atoms with Crippen LogP contribution in [0.25, 0.3) is 0 Å². The van der Waals surface area contributed by atoms with E-state index in [0.717, 1.165) is 25.0 Å². The van der Waals surface area contributed by atoms with Gasteiger partial charge in [0.15, 0.2) is 0 Å². The average Bonchev–Trinajstić information content (AvgIpc) is 2.81. The van der Waals surface area contributed by atoms with Gasteiger partial charge < -0.3 is 9.47 Å². The van der Waals surface area contributed by atoms with Crippen LogP contribution in [0.15, 0.2) is 24.3 Å². The van der Waals surface area contributed by atoms with E-state index < -0.39 is 5.54 Å². The second kappa shape index (κ2) is 5.61. The number of nitrogens with one attached hydrogen (secondary N) is 1. The minimum Gasteiger partial charge on any atom is -0.497 e. The molecule has 1 heterocycles. The molecule has 2 rings (SSSR count). The highest BCUT2D eigenvalue weighted by molar-refractivity contribution is 5.80. The van der Waals surface area contributed by atoms with Gasteiger partial charge in [0.2, 0.25) is 0 Å². The van der Waals surface area contributed by atoms with Crippen molar-refractivity contribution in [2.24, 2.45) is 0 Å². The van der Waals surface area contributed by atoms with Gasteiger partial charge in [-0.25, -0.2) is 0 Å². The Balaban J connectivity index is 1.96. The van der Waals surface area contributed by atoms with Crippen LogP contribution in [0, 0.1) is 0 Å². The number of ether oxygens (including phenoxy) is 2.